The van der Waals surface area contributed by atoms with Crippen molar-refractivity contribution < 1.29 is 26.4 Å². The molecule has 2 N–H and O–H groups in total. The van der Waals surface area contributed by atoms with Crippen LogP contribution < -0.4 is 10.6 Å². The Labute approximate surface area is 173 Å². The Hall–Kier alpha value is -2.88. The molecule has 0 saturated carbocycles. The Morgan fingerprint density at radius 1 is 1.20 bits per heavy atom. The van der Waals surface area contributed by atoms with E-state index < -0.39 is 33.7 Å². The Balaban J connectivity index is 2.30. The quantitative estimate of drug-likeness (QED) is 0.684. The van der Waals surface area contributed by atoms with Gasteiger partial charge in [0.15, 0.2) is 9.84 Å². The molecule has 0 aliphatic rings. The van der Waals surface area contributed by atoms with Gasteiger partial charge in [-0.15, -0.1) is 0 Å². The van der Waals surface area contributed by atoms with Crippen molar-refractivity contribution in [2.24, 2.45) is 0 Å². The van der Waals surface area contributed by atoms with E-state index in [4.69, 9.17) is 0 Å². The van der Waals surface area contributed by atoms with Gasteiger partial charge in [0.1, 0.15) is 11.5 Å². The molecule has 0 spiro atoms. The molecular weight excluding hydrogens is 419 g/mol. The highest BCUT2D eigenvalue weighted by atomic mass is 32.2. The van der Waals surface area contributed by atoms with Crippen LogP contribution in [0.25, 0.3) is 0 Å². The standard InChI is InChI=1S/C20H22F3N3O3S/c1-13-6-4-5-7-15(13)12-24-18-16(8-9-17(26-18)20(21,22)23)19(27)25-14(2)10-11-30(3,28)29/h4-11,14H,12H2,1-3H3,(H,24,26)(H,25,27)/b11-10+/t14-/m0/s1. The van der Waals surface area contributed by atoms with E-state index in [9.17, 15) is 26.4 Å². The van der Waals surface area contributed by atoms with Crippen LogP contribution in [0.2, 0.25) is 0 Å². The van der Waals surface area contributed by atoms with E-state index in [1.54, 1.807) is 6.07 Å². The summed E-state index contributed by atoms with van der Waals surface area (Å²) in [7, 11) is -3.37. The first kappa shape index (κ1) is 23.4. The number of aromatic nitrogens is 1. The summed E-state index contributed by atoms with van der Waals surface area (Å²) in [6, 6.07) is 8.41. The lowest BCUT2D eigenvalue weighted by Gasteiger charge is -2.16. The fourth-order valence-corrected chi connectivity index (χ4v) is 3.04. The fraction of sp³-hybridized carbons (Fsp3) is 0.300. The fourth-order valence-electron chi connectivity index (χ4n) is 2.52. The zero-order valence-corrected chi connectivity index (χ0v) is 17.4. The largest absolute Gasteiger partial charge is 0.433 e. The molecule has 0 fully saturated rings. The number of nitrogens with one attached hydrogen (secondary N) is 2. The molecule has 2 aromatic rings. The number of alkyl halides is 3. The lowest BCUT2D eigenvalue weighted by molar-refractivity contribution is -0.141. The Morgan fingerprint density at radius 3 is 2.47 bits per heavy atom. The van der Waals surface area contributed by atoms with Gasteiger partial charge in [-0.1, -0.05) is 30.3 Å². The van der Waals surface area contributed by atoms with Gasteiger partial charge in [-0.2, -0.15) is 13.2 Å². The molecule has 0 bridgehead atoms. The number of hydrogen-bond donors (Lipinski definition) is 2. The molecule has 162 valence electrons. The zero-order chi connectivity index (χ0) is 22.5. The number of carbonyl (C=O) groups excluding carboxylic acids is 1. The molecule has 2 rings (SSSR count). The minimum atomic E-state index is -4.67. The number of pyridine rings is 1. The molecule has 0 unspecified atom stereocenters. The molecule has 0 aliphatic heterocycles. The van der Waals surface area contributed by atoms with Crippen molar-refractivity contribution in [1.82, 2.24) is 10.3 Å². The summed E-state index contributed by atoms with van der Waals surface area (Å²) >= 11 is 0. The van der Waals surface area contributed by atoms with Crippen LogP contribution in [0.4, 0.5) is 19.0 Å². The van der Waals surface area contributed by atoms with Gasteiger partial charge >= 0.3 is 6.18 Å². The van der Waals surface area contributed by atoms with E-state index in [-0.39, 0.29) is 17.9 Å². The topological polar surface area (TPSA) is 88.2 Å². The smallest absolute Gasteiger partial charge is 0.365 e. The van der Waals surface area contributed by atoms with E-state index in [1.807, 2.05) is 25.1 Å². The number of aryl methyl sites for hydroxylation is 1. The minimum absolute atomic E-state index is 0.0869. The van der Waals surface area contributed by atoms with Crippen LogP contribution in [0.15, 0.2) is 47.9 Å². The number of hydrogen-bond acceptors (Lipinski definition) is 5. The van der Waals surface area contributed by atoms with Gasteiger partial charge in [-0.3, -0.25) is 4.79 Å². The first-order chi connectivity index (χ1) is 13.9. The second-order valence-electron chi connectivity index (χ2n) is 6.79. The maximum absolute atomic E-state index is 13.1. The highest BCUT2D eigenvalue weighted by molar-refractivity contribution is 7.93. The van der Waals surface area contributed by atoms with Gasteiger partial charge in [0.2, 0.25) is 0 Å². The Bertz CT molecular complexity index is 1050. The van der Waals surface area contributed by atoms with E-state index in [0.29, 0.717) is 0 Å². The molecular formula is C20H22F3N3O3S. The molecule has 10 heteroatoms. The van der Waals surface area contributed by atoms with Crippen LogP contribution in [0.5, 0.6) is 0 Å². The van der Waals surface area contributed by atoms with Crippen LogP contribution in [-0.4, -0.2) is 31.6 Å². The highest BCUT2D eigenvalue weighted by Gasteiger charge is 2.33. The predicted molar refractivity (Wildman–Crippen MR) is 109 cm³/mol. The van der Waals surface area contributed by atoms with Gasteiger partial charge in [0.25, 0.3) is 5.91 Å². The number of halogens is 3. The summed E-state index contributed by atoms with van der Waals surface area (Å²) in [6.07, 6.45) is -2.39. The summed E-state index contributed by atoms with van der Waals surface area (Å²) in [5.74, 6) is -0.904. The van der Waals surface area contributed by atoms with Crippen molar-refractivity contribution in [3.05, 3.63) is 70.3 Å². The SMILES string of the molecule is Cc1ccccc1CNc1nc(C(F)(F)F)ccc1C(=O)N[C@@H](C)/C=C/S(C)(=O)=O. The van der Waals surface area contributed by atoms with Gasteiger partial charge < -0.3 is 10.6 Å². The lowest BCUT2D eigenvalue weighted by atomic mass is 10.1. The van der Waals surface area contributed by atoms with Crippen molar-refractivity contribution in [2.75, 3.05) is 11.6 Å². The van der Waals surface area contributed by atoms with Gasteiger partial charge in [-0.05, 0) is 37.1 Å². The van der Waals surface area contributed by atoms with Crippen molar-refractivity contribution >= 4 is 21.6 Å². The average molecular weight is 441 g/mol. The van der Waals surface area contributed by atoms with Gasteiger partial charge in [0, 0.05) is 24.3 Å². The van der Waals surface area contributed by atoms with E-state index >= 15 is 0 Å². The number of sulfone groups is 1. The lowest BCUT2D eigenvalue weighted by Crippen LogP contribution is -2.32. The molecule has 1 amide bonds. The molecule has 6 nitrogen and oxygen atoms in total. The third-order valence-electron chi connectivity index (χ3n) is 4.11. The molecule has 1 aromatic heterocycles. The van der Waals surface area contributed by atoms with Crippen LogP contribution in [-0.2, 0) is 22.6 Å². The van der Waals surface area contributed by atoms with E-state index in [2.05, 4.69) is 15.6 Å². The first-order valence-corrected chi connectivity index (χ1v) is 10.9. The third-order valence-corrected chi connectivity index (χ3v) is 4.76. The second-order valence-corrected chi connectivity index (χ2v) is 8.72. The highest BCUT2D eigenvalue weighted by Crippen LogP contribution is 2.29. The number of carbonyl (C=O) groups is 1. The second kappa shape index (κ2) is 9.29. The van der Waals surface area contributed by atoms with Crippen LogP contribution in [0, 0.1) is 6.92 Å². The maximum atomic E-state index is 13.1. The number of nitrogens with zero attached hydrogens (tertiary/aromatic N) is 1. The normalized spacial score (nSPS) is 13.3. The molecule has 1 heterocycles. The van der Waals surface area contributed by atoms with Crippen molar-refractivity contribution in [1.29, 1.82) is 0 Å². The van der Waals surface area contributed by atoms with E-state index in [0.717, 1.165) is 34.9 Å². The molecule has 1 atom stereocenters. The van der Waals surface area contributed by atoms with Crippen LogP contribution in [0.1, 0.15) is 34.1 Å². The van der Waals surface area contributed by atoms with Crippen LogP contribution >= 0.6 is 0 Å². The monoisotopic (exact) mass is 441 g/mol. The summed E-state index contributed by atoms with van der Waals surface area (Å²) in [4.78, 5) is 16.2. The number of rotatable bonds is 7. The van der Waals surface area contributed by atoms with Gasteiger partial charge in [0.05, 0.1) is 5.56 Å². The number of anilines is 1. The zero-order valence-electron chi connectivity index (χ0n) is 16.6. The summed E-state index contributed by atoms with van der Waals surface area (Å²) in [5, 5.41) is 6.28. The van der Waals surface area contributed by atoms with Crippen molar-refractivity contribution in [3.63, 3.8) is 0 Å². The van der Waals surface area contributed by atoms with Crippen molar-refractivity contribution in [2.45, 2.75) is 32.6 Å². The molecule has 0 radical (unpaired) electrons. The Morgan fingerprint density at radius 2 is 1.87 bits per heavy atom. The number of benzene rings is 1. The van der Waals surface area contributed by atoms with Crippen LogP contribution in [0.3, 0.4) is 0 Å². The van der Waals surface area contributed by atoms with Crippen molar-refractivity contribution in [3.8, 4) is 0 Å². The van der Waals surface area contributed by atoms with E-state index in [1.165, 1.54) is 13.0 Å². The average Bonchev–Trinajstić information content (AvgIpc) is 2.64. The molecule has 1 aromatic carbocycles. The number of amides is 1. The predicted octanol–water partition coefficient (Wildman–Crippen LogP) is 3.70. The van der Waals surface area contributed by atoms with Gasteiger partial charge in [-0.25, -0.2) is 13.4 Å². The molecule has 30 heavy (non-hydrogen) atoms. The molecule has 0 saturated heterocycles. The first-order valence-electron chi connectivity index (χ1n) is 8.92. The maximum Gasteiger partial charge on any atom is 0.433 e. The summed E-state index contributed by atoms with van der Waals surface area (Å²) < 4.78 is 61.7. The Kier molecular flexibility index (Phi) is 7.25. The third kappa shape index (κ3) is 6.87. The minimum Gasteiger partial charge on any atom is -0.365 e. The molecule has 0 aliphatic carbocycles. The summed E-state index contributed by atoms with van der Waals surface area (Å²) in [6.45, 7) is 3.57. The summed E-state index contributed by atoms with van der Waals surface area (Å²) in [5.41, 5.74) is 0.558.